The monoisotopic (exact) mass is 350 g/mol. The van der Waals surface area contributed by atoms with Crippen LogP contribution >= 0.6 is 15.9 Å². The number of hydrogen-bond acceptors (Lipinski definition) is 2. The molecule has 1 aliphatic heterocycles. The molecule has 1 amide bonds. The molecular formula is C13H14BrF3N2O. The predicted molar refractivity (Wildman–Crippen MR) is 73.4 cm³/mol. The highest BCUT2D eigenvalue weighted by Gasteiger charge is 2.31. The first kappa shape index (κ1) is 15.3. The molecule has 0 aliphatic carbocycles. The number of halogens is 4. The van der Waals surface area contributed by atoms with Crippen LogP contribution in [0.1, 0.15) is 18.4 Å². The lowest BCUT2D eigenvalue weighted by atomic mass is 9.97. The van der Waals surface area contributed by atoms with Gasteiger partial charge in [0.25, 0.3) is 0 Å². The van der Waals surface area contributed by atoms with Gasteiger partial charge in [0, 0.05) is 16.1 Å². The number of rotatable bonds is 2. The highest BCUT2D eigenvalue weighted by molar-refractivity contribution is 9.10. The van der Waals surface area contributed by atoms with Crippen LogP contribution in [-0.2, 0) is 11.0 Å². The lowest BCUT2D eigenvalue weighted by Crippen LogP contribution is -2.34. The molecule has 0 atom stereocenters. The smallest absolute Gasteiger partial charge is 0.326 e. The van der Waals surface area contributed by atoms with Gasteiger partial charge in [-0.2, -0.15) is 13.2 Å². The third-order valence-corrected chi connectivity index (χ3v) is 3.66. The topological polar surface area (TPSA) is 41.1 Å². The Labute approximate surface area is 123 Å². The van der Waals surface area contributed by atoms with Crippen LogP contribution < -0.4 is 10.6 Å². The average Bonchev–Trinajstić information content (AvgIpc) is 2.38. The summed E-state index contributed by atoms with van der Waals surface area (Å²) in [5.74, 6) is -0.373. The van der Waals surface area contributed by atoms with Gasteiger partial charge in [-0.25, -0.2) is 0 Å². The number of carbonyl (C=O) groups excluding carboxylic acids is 1. The van der Waals surface area contributed by atoms with Crippen molar-refractivity contribution in [1.29, 1.82) is 0 Å². The van der Waals surface area contributed by atoms with Crippen LogP contribution in [0, 0.1) is 5.92 Å². The highest BCUT2D eigenvalue weighted by Crippen LogP contribution is 2.33. The number of amides is 1. The molecule has 1 saturated heterocycles. The van der Waals surface area contributed by atoms with Gasteiger partial charge in [0.15, 0.2) is 0 Å². The summed E-state index contributed by atoms with van der Waals surface area (Å²) in [7, 11) is 0. The summed E-state index contributed by atoms with van der Waals surface area (Å²) >= 11 is 3.03. The van der Waals surface area contributed by atoms with E-state index < -0.39 is 11.7 Å². The maximum atomic E-state index is 12.7. The van der Waals surface area contributed by atoms with Crippen molar-refractivity contribution in [2.24, 2.45) is 5.92 Å². The minimum absolute atomic E-state index is 0.149. The van der Waals surface area contributed by atoms with E-state index in [4.69, 9.17) is 0 Å². The third kappa shape index (κ3) is 3.96. The Morgan fingerprint density at radius 2 is 1.90 bits per heavy atom. The summed E-state index contributed by atoms with van der Waals surface area (Å²) in [6.45, 7) is 1.51. The quantitative estimate of drug-likeness (QED) is 0.858. The molecule has 7 heteroatoms. The van der Waals surface area contributed by atoms with Crippen molar-refractivity contribution in [3.8, 4) is 0 Å². The van der Waals surface area contributed by atoms with Crippen molar-refractivity contribution >= 4 is 27.5 Å². The van der Waals surface area contributed by atoms with Crippen LogP contribution in [0.15, 0.2) is 22.7 Å². The summed E-state index contributed by atoms with van der Waals surface area (Å²) in [6.07, 6.45) is -3.03. The summed E-state index contributed by atoms with van der Waals surface area (Å²) in [5.41, 5.74) is -0.622. The van der Waals surface area contributed by atoms with Crippen molar-refractivity contribution in [3.63, 3.8) is 0 Å². The number of hydrogen-bond donors (Lipinski definition) is 2. The van der Waals surface area contributed by atoms with E-state index in [2.05, 4.69) is 26.6 Å². The van der Waals surface area contributed by atoms with E-state index in [9.17, 15) is 18.0 Å². The summed E-state index contributed by atoms with van der Waals surface area (Å²) in [6, 6.07) is 3.40. The van der Waals surface area contributed by atoms with Crippen LogP contribution in [0.3, 0.4) is 0 Å². The Balaban J connectivity index is 2.12. The zero-order valence-corrected chi connectivity index (χ0v) is 12.1. The minimum Gasteiger partial charge on any atom is -0.326 e. The minimum atomic E-state index is -4.43. The van der Waals surface area contributed by atoms with Crippen molar-refractivity contribution < 1.29 is 18.0 Å². The van der Waals surface area contributed by atoms with E-state index >= 15 is 0 Å². The van der Waals surface area contributed by atoms with Crippen molar-refractivity contribution in [1.82, 2.24) is 5.32 Å². The van der Waals surface area contributed by atoms with Gasteiger partial charge >= 0.3 is 6.18 Å². The SMILES string of the molecule is O=C(Nc1cc(Br)cc(C(F)(F)F)c1)C1CCNCC1. The van der Waals surface area contributed by atoms with E-state index in [1.165, 1.54) is 6.07 Å². The van der Waals surface area contributed by atoms with Crippen LogP contribution in [0.25, 0.3) is 0 Å². The molecule has 1 aromatic carbocycles. The lowest BCUT2D eigenvalue weighted by molar-refractivity contribution is -0.137. The third-order valence-electron chi connectivity index (χ3n) is 3.20. The van der Waals surface area contributed by atoms with Gasteiger partial charge in [-0.15, -0.1) is 0 Å². The van der Waals surface area contributed by atoms with Gasteiger partial charge < -0.3 is 10.6 Å². The standard InChI is InChI=1S/C13H14BrF3N2O/c14-10-5-9(13(15,16)17)6-11(7-10)19-12(20)8-1-3-18-4-2-8/h5-8,18H,1-4H2,(H,19,20). The van der Waals surface area contributed by atoms with E-state index in [0.29, 0.717) is 12.8 Å². The number of piperidine rings is 1. The molecule has 0 saturated carbocycles. The summed E-state index contributed by atoms with van der Waals surface area (Å²) in [5, 5.41) is 5.70. The Morgan fingerprint density at radius 3 is 2.50 bits per heavy atom. The molecule has 1 aromatic rings. The Hall–Kier alpha value is -1.08. The molecule has 110 valence electrons. The molecule has 20 heavy (non-hydrogen) atoms. The second-order valence-electron chi connectivity index (χ2n) is 4.74. The molecule has 0 radical (unpaired) electrons. The zero-order valence-electron chi connectivity index (χ0n) is 10.6. The zero-order chi connectivity index (χ0) is 14.8. The normalized spacial score (nSPS) is 17.0. The molecule has 2 N–H and O–H groups in total. The van der Waals surface area contributed by atoms with Gasteiger partial charge in [-0.1, -0.05) is 15.9 Å². The van der Waals surface area contributed by atoms with Gasteiger partial charge in [-0.3, -0.25) is 4.79 Å². The molecule has 3 nitrogen and oxygen atoms in total. The van der Waals surface area contributed by atoms with E-state index in [-0.39, 0.29) is 22.0 Å². The van der Waals surface area contributed by atoms with Gasteiger partial charge in [-0.05, 0) is 44.1 Å². The lowest BCUT2D eigenvalue weighted by Gasteiger charge is -2.22. The maximum Gasteiger partial charge on any atom is 0.416 e. The van der Waals surface area contributed by atoms with Crippen LogP contribution in [0.2, 0.25) is 0 Å². The van der Waals surface area contributed by atoms with E-state index in [1.807, 2.05) is 0 Å². The largest absolute Gasteiger partial charge is 0.416 e. The Morgan fingerprint density at radius 1 is 1.25 bits per heavy atom. The Bertz CT molecular complexity index is 499. The fourth-order valence-corrected chi connectivity index (χ4v) is 2.65. The summed E-state index contributed by atoms with van der Waals surface area (Å²) < 4.78 is 38.4. The van der Waals surface area contributed by atoms with Gasteiger partial charge in [0.2, 0.25) is 5.91 Å². The van der Waals surface area contributed by atoms with Gasteiger partial charge in [0.05, 0.1) is 5.56 Å². The predicted octanol–water partition coefficient (Wildman–Crippen LogP) is 3.41. The van der Waals surface area contributed by atoms with Crippen molar-refractivity contribution in [3.05, 3.63) is 28.2 Å². The average molecular weight is 351 g/mol. The molecule has 0 unspecified atom stereocenters. The first-order chi connectivity index (χ1) is 9.36. The number of carbonyl (C=O) groups is 1. The number of benzene rings is 1. The molecule has 0 spiro atoms. The number of alkyl halides is 3. The van der Waals surface area contributed by atoms with Crippen molar-refractivity contribution in [2.45, 2.75) is 19.0 Å². The van der Waals surface area contributed by atoms with Gasteiger partial charge in [0.1, 0.15) is 0 Å². The van der Waals surface area contributed by atoms with Crippen LogP contribution in [-0.4, -0.2) is 19.0 Å². The molecule has 0 aromatic heterocycles. The number of anilines is 1. The molecule has 0 bridgehead atoms. The van der Waals surface area contributed by atoms with E-state index in [1.54, 1.807) is 0 Å². The first-order valence-corrected chi connectivity index (χ1v) is 7.05. The molecule has 2 rings (SSSR count). The number of nitrogens with one attached hydrogen (secondary N) is 2. The molecule has 1 aliphatic rings. The molecular weight excluding hydrogens is 337 g/mol. The van der Waals surface area contributed by atoms with E-state index in [0.717, 1.165) is 25.2 Å². The van der Waals surface area contributed by atoms with Crippen LogP contribution in [0.4, 0.5) is 18.9 Å². The second kappa shape index (κ2) is 6.13. The maximum absolute atomic E-state index is 12.7. The summed E-state index contributed by atoms with van der Waals surface area (Å²) in [4.78, 5) is 12.0. The highest BCUT2D eigenvalue weighted by atomic mass is 79.9. The van der Waals surface area contributed by atoms with Crippen LogP contribution in [0.5, 0.6) is 0 Å². The second-order valence-corrected chi connectivity index (χ2v) is 5.66. The Kier molecular flexibility index (Phi) is 4.70. The fraction of sp³-hybridized carbons (Fsp3) is 0.462. The van der Waals surface area contributed by atoms with Crippen molar-refractivity contribution in [2.75, 3.05) is 18.4 Å². The fourth-order valence-electron chi connectivity index (χ4n) is 2.15. The first-order valence-electron chi connectivity index (χ1n) is 6.25. The molecule has 1 fully saturated rings. The molecule has 1 heterocycles.